The Kier molecular flexibility index (Phi) is 2.14. The number of aromatic nitrogens is 2. The van der Waals surface area contributed by atoms with Crippen molar-refractivity contribution in [2.24, 2.45) is 0 Å². The Bertz CT molecular complexity index is 413. The van der Waals surface area contributed by atoms with Crippen molar-refractivity contribution in [3.05, 3.63) is 22.2 Å². The number of rotatable bonds is 1. The molecule has 0 aliphatic heterocycles. The van der Waals surface area contributed by atoms with Crippen LogP contribution in [0.1, 0.15) is 5.56 Å². The molecular formula is C7H4Br2N2O. The maximum atomic E-state index is 4.64. The molecule has 0 unspecified atom stereocenters. The molecule has 0 amide bonds. The van der Waals surface area contributed by atoms with Crippen LogP contribution in [-0.4, -0.2) is 10.3 Å². The van der Waals surface area contributed by atoms with E-state index in [-0.39, 0.29) is 0 Å². The first-order valence-electron chi connectivity index (χ1n) is 3.28. The van der Waals surface area contributed by atoms with E-state index in [1.165, 1.54) is 0 Å². The lowest BCUT2D eigenvalue weighted by Gasteiger charge is -1.94. The number of benzene rings is 1. The Hall–Kier alpha value is -0.420. The van der Waals surface area contributed by atoms with Crippen LogP contribution in [0.2, 0.25) is 0 Å². The lowest BCUT2D eigenvalue weighted by molar-refractivity contribution is 0.315. The zero-order valence-corrected chi connectivity index (χ0v) is 9.09. The zero-order valence-electron chi connectivity index (χ0n) is 5.92. The first kappa shape index (κ1) is 8.19. The van der Waals surface area contributed by atoms with Crippen LogP contribution in [0.4, 0.5) is 0 Å². The summed E-state index contributed by atoms with van der Waals surface area (Å²) in [5, 5.41) is 8.33. The van der Waals surface area contributed by atoms with Gasteiger partial charge in [0.05, 0.1) is 0 Å². The molecule has 0 fully saturated rings. The molecule has 0 aliphatic carbocycles. The summed E-state index contributed by atoms with van der Waals surface area (Å²) in [7, 11) is 0. The molecule has 62 valence electrons. The van der Waals surface area contributed by atoms with Crippen LogP contribution in [0.3, 0.4) is 0 Å². The Morgan fingerprint density at radius 3 is 2.75 bits per heavy atom. The first-order chi connectivity index (χ1) is 5.83. The molecule has 1 heterocycles. The summed E-state index contributed by atoms with van der Waals surface area (Å²) in [6.45, 7) is 0. The fourth-order valence-corrected chi connectivity index (χ4v) is 1.84. The Labute approximate surface area is 85.3 Å². The highest BCUT2D eigenvalue weighted by Gasteiger charge is 2.08. The molecule has 0 spiro atoms. The fraction of sp³-hybridized carbons (Fsp3) is 0.143. The van der Waals surface area contributed by atoms with E-state index in [0.717, 1.165) is 26.4 Å². The van der Waals surface area contributed by atoms with Gasteiger partial charge in [0, 0.05) is 9.80 Å². The summed E-state index contributed by atoms with van der Waals surface area (Å²) in [4.78, 5) is 0. The second-order valence-electron chi connectivity index (χ2n) is 2.30. The standard InChI is InChI=1S/C7H4Br2N2O/c8-3-4-1-2-5(9)7-6(4)10-12-11-7/h1-2H,3H2. The lowest BCUT2D eigenvalue weighted by Crippen LogP contribution is -1.81. The number of hydrogen-bond acceptors (Lipinski definition) is 3. The summed E-state index contributed by atoms with van der Waals surface area (Å²) in [5.74, 6) is 0. The van der Waals surface area contributed by atoms with Crippen molar-refractivity contribution in [1.29, 1.82) is 0 Å². The molecule has 0 radical (unpaired) electrons. The van der Waals surface area contributed by atoms with Gasteiger partial charge in [-0.2, -0.15) is 0 Å². The van der Waals surface area contributed by atoms with E-state index in [9.17, 15) is 0 Å². The molecule has 3 nitrogen and oxygen atoms in total. The summed E-state index contributed by atoms with van der Waals surface area (Å²) >= 11 is 6.72. The van der Waals surface area contributed by atoms with Crippen molar-refractivity contribution < 1.29 is 4.63 Å². The topological polar surface area (TPSA) is 38.9 Å². The summed E-state index contributed by atoms with van der Waals surface area (Å²) in [6.07, 6.45) is 0. The number of nitrogens with zero attached hydrogens (tertiary/aromatic N) is 2. The zero-order chi connectivity index (χ0) is 8.55. The first-order valence-corrected chi connectivity index (χ1v) is 5.20. The van der Waals surface area contributed by atoms with Crippen molar-refractivity contribution in [2.45, 2.75) is 5.33 Å². The Morgan fingerprint density at radius 2 is 2.00 bits per heavy atom. The molecule has 1 aromatic carbocycles. The lowest BCUT2D eigenvalue weighted by atomic mass is 10.2. The second-order valence-corrected chi connectivity index (χ2v) is 3.72. The van der Waals surface area contributed by atoms with Crippen LogP contribution in [0, 0.1) is 0 Å². The molecule has 0 saturated heterocycles. The minimum absolute atomic E-state index is 0.755. The smallest absolute Gasteiger partial charge is 0.149 e. The molecule has 12 heavy (non-hydrogen) atoms. The van der Waals surface area contributed by atoms with E-state index in [1.807, 2.05) is 12.1 Å². The molecule has 5 heteroatoms. The van der Waals surface area contributed by atoms with E-state index in [2.05, 4.69) is 46.8 Å². The Morgan fingerprint density at radius 1 is 1.25 bits per heavy atom. The predicted octanol–water partition coefficient (Wildman–Crippen LogP) is 2.88. The minimum atomic E-state index is 0.755. The van der Waals surface area contributed by atoms with Crippen LogP contribution >= 0.6 is 31.9 Å². The van der Waals surface area contributed by atoms with Crippen LogP contribution in [-0.2, 0) is 5.33 Å². The Balaban J connectivity index is 2.82. The molecule has 2 rings (SSSR count). The minimum Gasteiger partial charge on any atom is -0.243 e. The molecule has 0 aliphatic rings. The van der Waals surface area contributed by atoms with Gasteiger partial charge in [0.25, 0.3) is 0 Å². The maximum absolute atomic E-state index is 4.64. The van der Waals surface area contributed by atoms with E-state index >= 15 is 0 Å². The number of hydrogen-bond donors (Lipinski definition) is 0. The number of halogens is 2. The van der Waals surface area contributed by atoms with Gasteiger partial charge in [0.2, 0.25) is 0 Å². The normalized spacial score (nSPS) is 10.8. The summed E-state index contributed by atoms with van der Waals surface area (Å²) in [6, 6.07) is 3.91. The molecular weight excluding hydrogens is 288 g/mol. The van der Waals surface area contributed by atoms with Gasteiger partial charge >= 0.3 is 0 Å². The van der Waals surface area contributed by atoms with Crippen molar-refractivity contribution in [1.82, 2.24) is 10.3 Å². The van der Waals surface area contributed by atoms with Crippen molar-refractivity contribution in [3.8, 4) is 0 Å². The molecule has 0 atom stereocenters. The van der Waals surface area contributed by atoms with Crippen LogP contribution in [0.5, 0.6) is 0 Å². The molecule has 2 aromatic rings. The largest absolute Gasteiger partial charge is 0.243 e. The third kappa shape index (κ3) is 1.17. The van der Waals surface area contributed by atoms with Gasteiger partial charge in [-0.25, -0.2) is 4.63 Å². The number of fused-ring (bicyclic) bond motifs is 1. The third-order valence-electron chi connectivity index (χ3n) is 1.59. The number of alkyl halides is 1. The molecule has 0 bridgehead atoms. The van der Waals surface area contributed by atoms with Gasteiger partial charge in [0.1, 0.15) is 11.0 Å². The van der Waals surface area contributed by atoms with Crippen LogP contribution in [0.25, 0.3) is 11.0 Å². The fourth-order valence-electron chi connectivity index (χ4n) is 0.995. The van der Waals surface area contributed by atoms with Crippen LogP contribution in [0.15, 0.2) is 21.2 Å². The highest BCUT2D eigenvalue weighted by molar-refractivity contribution is 9.10. The van der Waals surface area contributed by atoms with Gasteiger partial charge < -0.3 is 0 Å². The molecule has 1 aromatic heterocycles. The SMILES string of the molecule is BrCc1ccc(Br)c2nonc12. The van der Waals surface area contributed by atoms with Gasteiger partial charge in [-0.1, -0.05) is 22.0 Å². The molecule has 0 N–H and O–H groups in total. The quantitative estimate of drug-likeness (QED) is 0.759. The van der Waals surface area contributed by atoms with Gasteiger partial charge in [0.15, 0.2) is 0 Å². The van der Waals surface area contributed by atoms with Crippen molar-refractivity contribution in [2.75, 3.05) is 0 Å². The summed E-state index contributed by atoms with van der Waals surface area (Å²) < 4.78 is 5.54. The van der Waals surface area contributed by atoms with E-state index < -0.39 is 0 Å². The predicted molar refractivity (Wildman–Crippen MR) is 52.1 cm³/mol. The molecule has 0 saturated carbocycles. The monoisotopic (exact) mass is 290 g/mol. The van der Waals surface area contributed by atoms with Crippen LogP contribution < -0.4 is 0 Å². The van der Waals surface area contributed by atoms with Gasteiger partial charge in [-0.15, -0.1) is 0 Å². The van der Waals surface area contributed by atoms with Crippen molar-refractivity contribution >= 4 is 42.9 Å². The summed E-state index contributed by atoms with van der Waals surface area (Å²) in [5.41, 5.74) is 2.66. The van der Waals surface area contributed by atoms with Crippen molar-refractivity contribution in [3.63, 3.8) is 0 Å². The van der Waals surface area contributed by atoms with Gasteiger partial charge in [-0.05, 0) is 37.9 Å². The maximum Gasteiger partial charge on any atom is 0.149 e. The average molecular weight is 292 g/mol. The van der Waals surface area contributed by atoms with E-state index in [1.54, 1.807) is 0 Å². The highest BCUT2D eigenvalue weighted by Crippen LogP contribution is 2.24. The van der Waals surface area contributed by atoms with E-state index in [4.69, 9.17) is 0 Å². The average Bonchev–Trinajstić information content (AvgIpc) is 2.54. The van der Waals surface area contributed by atoms with E-state index in [0.29, 0.717) is 0 Å². The highest BCUT2D eigenvalue weighted by atomic mass is 79.9. The third-order valence-corrected chi connectivity index (χ3v) is 2.84. The van der Waals surface area contributed by atoms with Gasteiger partial charge in [-0.3, -0.25) is 0 Å². The second kappa shape index (κ2) is 3.14.